The molecule has 1 aliphatic rings. The first-order valence-electron chi connectivity index (χ1n) is 9.78. The Labute approximate surface area is 184 Å². The van der Waals surface area contributed by atoms with Gasteiger partial charge in [0.1, 0.15) is 0 Å². The Morgan fingerprint density at radius 1 is 1.17 bits per heavy atom. The van der Waals surface area contributed by atoms with Gasteiger partial charge >= 0.3 is 0 Å². The number of thioether (sulfide) groups is 2. The molecular formula is C22H22N4O2S2. The van der Waals surface area contributed by atoms with Crippen LogP contribution in [0.2, 0.25) is 0 Å². The Bertz CT molecular complexity index is 1090. The van der Waals surface area contributed by atoms with Gasteiger partial charge in [0, 0.05) is 22.0 Å². The SMILES string of the molecule is CCSc1nc([O-])c2[n+](n1)C(c1ccc(SC)cc1)N(C(=O)CC)c1ccccc1-2. The maximum Gasteiger partial charge on any atom is 0.293 e. The molecular weight excluding hydrogens is 416 g/mol. The van der Waals surface area contributed by atoms with E-state index >= 15 is 0 Å². The van der Waals surface area contributed by atoms with Crippen LogP contribution in [0.4, 0.5) is 5.69 Å². The lowest BCUT2D eigenvalue weighted by Gasteiger charge is -2.33. The monoisotopic (exact) mass is 438 g/mol. The summed E-state index contributed by atoms with van der Waals surface area (Å²) in [5.41, 5.74) is 2.68. The van der Waals surface area contributed by atoms with Crippen molar-refractivity contribution in [3.05, 3.63) is 54.1 Å². The summed E-state index contributed by atoms with van der Waals surface area (Å²) in [6.45, 7) is 3.83. The minimum Gasteiger partial charge on any atom is -0.854 e. The number of anilines is 1. The molecule has 0 saturated heterocycles. The van der Waals surface area contributed by atoms with Gasteiger partial charge in [-0.1, -0.05) is 42.4 Å². The minimum atomic E-state index is -0.551. The highest BCUT2D eigenvalue weighted by Gasteiger charge is 2.44. The number of para-hydroxylation sites is 1. The van der Waals surface area contributed by atoms with Gasteiger partial charge in [-0.15, -0.1) is 11.8 Å². The van der Waals surface area contributed by atoms with Crippen molar-refractivity contribution in [1.29, 1.82) is 0 Å². The molecule has 1 unspecified atom stereocenters. The summed E-state index contributed by atoms with van der Waals surface area (Å²) in [6, 6.07) is 15.5. The molecule has 1 amide bonds. The summed E-state index contributed by atoms with van der Waals surface area (Å²) in [7, 11) is 0. The van der Waals surface area contributed by atoms with Gasteiger partial charge in [0.15, 0.2) is 0 Å². The number of nitrogens with zero attached hydrogens (tertiary/aromatic N) is 4. The van der Waals surface area contributed by atoms with Gasteiger partial charge in [0.25, 0.3) is 17.0 Å². The number of fused-ring (bicyclic) bond motifs is 3. The lowest BCUT2D eigenvalue weighted by Crippen LogP contribution is -2.59. The Balaban J connectivity index is 2.01. The van der Waals surface area contributed by atoms with Gasteiger partial charge in [-0.3, -0.25) is 4.79 Å². The van der Waals surface area contributed by atoms with E-state index in [9.17, 15) is 9.90 Å². The van der Waals surface area contributed by atoms with E-state index in [0.29, 0.717) is 28.5 Å². The highest BCUT2D eigenvalue weighted by atomic mass is 32.2. The zero-order valence-corrected chi connectivity index (χ0v) is 18.7. The summed E-state index contributed by atoms with van der Waals surface area (Å²) >= 11 is 3.07. The van der Waals surface area contributed by atoms with Crippen LogP contribution >= 0.6 is 23.5 Å². The Morgan fingerprint density at radius 2 is 1.90 bits per heavy atom. The van der Waals surface area contributed by atoms with E-state index in [0.717, 1.165) is 16.2 Å². The summed E-state index contributed by atoms with van der Waals surface area (Å²) in [6.07, 6.45) is 1.81. The van der Waals surface area contributed by atoms with E-state index in [1.807, 2.05) is 68.6 Å². The third-order valence-electron chi connectivity index (χ3n) is 4.98. The standard InChI is InChI=1S/C22H22N4O2S2/c1-4-18(27)25-17-9-7-6-8-16(17)19-20(28)23-22(30-5-2)24-26(19)21(25)14-10-12-15(29-3)13-11-14/h6-13,21H,4-5H2,1-3H3. The molecule has 30 heavy (non-hydrogen) atoms. The van der Waals surface area contributed by atoms with Crippen LogP contribution < -0.4 is 14.7 Å². The molecule has 6 nitrogen and oxygen atoms in total. The van der Waals surface area contributed by atoms with Crippen LogP contribution in [-0.4, -0.2) is 28.0 Å². The zero-order valence-electron chi connectivity index (χ0n) is 17.0. The fourth-order valence-corrected chi connectivity index (χ4v) is 4.60. The number of rotatable bonds is 5. The molecule has 0 bridgehead atoms. The van der Waals surface area contributed by atoms with Crippen LogP contribution in [-0.2, 0) is 4.79 Å². The average molecular weight is 439 g/mol. The number of carbonyl (C=O) groups excluding carboxylic acids is 1. The van der Waals surface area contributed by atoms with E-state index in [2.05, 4.69) is 4.98 Å². The Morgan fingerprint density at radius 3 is 2.57 bits per heavy atom. The van der Waals surface area contributed by atoms with Gasteiger partial charge in [-0.2, -0.15) is 0 Å². The van der Waals surface area contributed by atoms with Crippen molar-refractivity contribution in [2.45, 2.75) is 36.5 Å². The van der Waals surface area contributed by atoms with E-state index in [-0.39, 0.29) is 11.8 Å². The second-order valence-electron chi connectivity index (χ2n) is 6.71. The summed E-state index contributed by atoms with van der Waals surface area (Å²) in [4.78, 5) is 20.2. The molecule has 2 aromatic carbocycles. The minimum absolute atomic E-state index is 0.0321. The highest BCUT2D eigenvalue weighted by molar-refractivity contribution is 7.99. The fraction of sp³-hybridized carbons (Fsp3) is 0.273. The van der Waals surface area contributed by atoms with Gasteiger partial charge in [-0.05, 0) is 48.4 Å². The normalized spacial score (nSPS) is 14.9. The van der Waals surface area contributed by atoms with Crippen LogP contribution in [0.15, 0.2) is 58.6 Å². The molecule has 0 fully saturated rings. The molecule has 0 saturated carbocycles. The quantitative estimate of drug-likeness (QED) is 0.447. The molecule has 8 heteroatoms. The van der Waals surface area contributed by atoms with E-state index in [1.54, 1.807) is 21.3 Å². The first-order chi connectivity index (χ1) is 14.6. The van der Waals surface area contributed by atoms with Gasteiger partial charge in [-0.25, -0.2) is 9.88 Å². The van der Waals surface area contributed by atoms with E-state index in [4.69, 9.17) is 5.10 Å². The van der Waals surface area contributed by atoms with Crippen molar-refractivity contribution in [3.8, 4) is 17.1 Å². The second kappa shape index (κ2) is 8.65. The summed E-state index contributed by atoms with van der Waals surface area (Å²) < 4.78 is 1.68. The van der Waals surface area contributed by atoms with E-state index in [1.165, 1.54) is 11.8 Å². The lowest BCUT2D eigenvalue weighted by atomic mass is 10.0. The number of hydrogen-bond donors (Lipinski definition) is 0. The van der Waals surface area contributed by atoms with Gasteiger partial charge in [0.2, 0.25) is 5.91 Å². The molecule has 3 aromatic rings. The smallest absolute Gasteiger partial charge is 0.293 e. The van der Waals surface area contributed by atoms with Crippen molar-refractivity contribution in [2.24, 2.45) is 0 Å². The lowest BCUT2D eigenvalue weighted by molar-refractivity contribution is -0.764. The Kier molecular flexibility index (Phi) is 5.97. The topological polar surface area (TPSA) is 73.0 Å². The van der Waals surface area contributed by atoms with Crippen molar-refractivity contribution in [1.82, 2.24) is 10.1 Å². The molecule has 1 aromatic heterocycles. The molecule has 1 atom stereocenters. The summed E-state index contributed by atoms with van der Waals surface area (Å²) in [5, 5.41) is 18.2. The van der Waals surface area contributed by atoms with Gasteiger partial charge < -0.3 is 5.11 Å². The van der Waals surface area contributed by atoms with Crippen LogP contribution in [0, 0.1) is 0 Å². The number of hydrogen-bond acceptors (Lipinski definition) is 6. The molecule has 0 N–H and O–H groups in total. The Hall–Kier alpha value is -2.58. The number of aromatic nitrogens is 3. The van der Waals surface area contributed by atoms with Crippen LogP contribution in [0.3, 0.4) is 0 Å². The number of benzene rings is 2. The third kappa shape index (κ3) is 3.54. The number of carbonyl (C=O) groups is 1. The molecule has 0 aliphatic carbocycles. The predicted molar refractivity (Wildman–Crippen MR) is 118 cm³/mol. The molecule has 1 aliphatic heterocycles. The molecule has 4 rings (SSSR count). The van der Waals surface area contributed by atoms with E-state index < -0.39 is 6.17 Å². The maximum atomic E-state index is 13.1. The molecule has 0 radical (unpaired) electrons. The zero-order chi connectivity index (χ0) is 21.3. The van der Waals surface area contributed by atoms with Crippen molar-refractivity contribution < 1.29 is 14.6 Å². The predicted octanol–water partition coefficient (Wildman–Crippen LogP) is 3.64. The molecule has 154 valence electrons. The summed E-state index contributed by atoms with van der Waals surface area (Å²) in [5.74, 6) is 0.387. The molecule has 0 spiro atoms. The van der Waals surface area contributed by atoms with Crippen molar-refractivity contribution >= 4 is 35.1 Å². The highest BCUT2D eigenvalue weighted by Crippen LogP contribution is 2.41. The van der Waals surface area contributed by atoms with Crippen LogP contribution in [0.5, 0.6) is 5.88 Å². The first kappa shape index (κ1) is 20.7. The largest absolute Gasteiger partial charge is 0.854 e. The van der Waals surface area contributed by atoms with Crippen molar-refractivity contribution in [2.75, 3.05) is 16.9 Å². The third-order valence-corrected chi connectivity index (χ3v) is 6.44. The number of amides is 1. The molecule has 2 heterocycles. The van der Waals surface area contributed by atoms with Gasteiger partial charge in [0.05, 0.1) is 17.1 Å². The maximum absolute atomic E-state index is 13.1. The van der Waals surface area contributed by atoms with Crippen LogP contribution in [0.25, 0.3) is 11.3 Å². The second-order valence-corrected chi connectivity index (χ2v) is 8.82. The fourth-order valence-electron chi connectivity index (χ4n) is 3.64. The van der Waals surface area contributed by atoms with Crippen molar-refractivity contribution in [3.63, 3.8) is 0 Å². The average Bonchev–Trinajstić information content (AvgIpc) is 2.77. The van der Waals surface area contributed by atoms with Crippen LogP contribution in [0.1, 0.15) is 32.0 Å². The first-order valence-corrected chi connectivity index (χ1v) is 12.0.